The van der Waals surface area contributed by atoms with Gasteiger partial charge in [0.05, 0.1) is 5.69 Å². The minimum atomic E-state index is -0.401. The molecular formula is C24H21FN4O. The molecule has 1 aromatic heterocycles. The number of hydrogen-bond acceptors (Lipinski definition) is 3. The van der Waals surface area contributed by atoms with Crippen LogP contribution in [0.2, 0.25) is 0 Å². The maximum Gasteiger partial charge on any atom is 0.295 e. The van der Waals surface area contributed by atoms with Crippen LogP contribution >= 0.6 is 0 Å². The van der Waals surface area contributed by atoms with Gasteiger partial charge in [-0.15, -0.1) is 5.10 Å². The van der Waals surface area contributed by atoms with Crippen LogP contribution < -0.4 is 5.32 Å². The predicted molar refractivity (Wildman–Crippen MR) is 115 cm³/mol. The number of benzene rings is 3. The van der Waals surface area contributed by atoms with Gasteiger partial charge in [-0.3, -0.25) is 4.79 Å². The number of halogens is 1. The largest absolute Gasteiger partial charge is 0.319 e. The Balaban J connectivity index is 1.78. The van der Waals surface area contributed by atoms with Crippen molar-refractivity contribution < 1.29 is 9.18 Å². The van der Waals surface area contributed by atoms with Crippen molar-refractivity contribution in [1.29, 1.82) is 0 Å². The van der Waals surface area contributed by atoms with Crippen molar-refractivity contribution in [2.75, 3.05) is 5.32 Å². The Hall–Kier alpha value is -3.80. The summed E-state index contributed by atoms with van der Waals surface area (Å²) in [6, 6.07) is 19.5. The minimum Gasteiger partial charge on any atom is -0.319 e. The van der Waals surface area contributed by atoms with Crippen LogP contribution in [-0.4, -0.2) is 20.7 Å². The van der Waals surface area contributed by atoms with Crippen LogP contribution in [0.3, 0.4) is 0 Å². The number of amides is 1. The van der Waals surface area contributed by atoms with Gasteiger partial charge in [0, 0.05) is 11.3 Å². The molecule has 4 aromatic rings. The summed E-state index contributed by atoms with van der Waals surface area (Å²) < 4.78 is 15.0. The number of carbonyl (C=O) groups is 1. The molecule has 1 N–H and O–H groups in total. The van der Waals surface area contributed by atoms with Gasteiger partial charge in [0.15, 0.2) is 5.82 Å². The van der Waals surface area contributed by atoms with Gasteiger partial charge in [-0.1, -0.05) is 42.0 Å². The Labute approximate surface area is 174 Å². The van der Waals surface area contributed by atoms with Crippen molar-refractivity contribution in [2.24, 2.45) is 0 Å². The fourth-order valence-corrected chi connectivity index (χ4v) is 3.32. The van der Waals surface area contributed by atoms with Crippen LogP contribution in [0.4, 0.5) is 10.1 Å². The number of rotatable bonds is 4. The molecule has 0 saturated carbocycles. The molecule has 0 unspecified atom stereocenters. The van der Waals surface area contributed by atoms with Gasteiger partial charge in [0.25, 0.3) is 5.91 Å². The molecule has 0 aliphatic heterocycles. The van der Waals surface area contributed by atoms with Gasteiger partial charge in [0.1, 0.15) is 5.82 Å². The van der Waals surface area contributed by atoms with Crippen LogP contribution in [0, 0.1) is 26.6 Å². The highest BCUT2D eigenvalue weighted by Gasteiger charge is 2.20. The van der Waals surface area contributed by atoms with E-state index in [1.165, 1.54) is 12.1 Å². The van der Waals surface area contributed by atoms with Gasteiger partial charge in [-0.05, 0) is 62.2 Å². The second-order valence-corrected chi connectivity index (χ2v) is 7.24. The van der Waals surface area contributed by atoms with E-state index in [1.807, 2.05) is 63.2 Å². The molecule has 0 fully saturated rings. The van der Waals surface area contributed by atoms with E-state index in [1.54, 1.807) is 16.8 Å². The first-order valence-corrected chi connectivity index (χ1v) is 9.60. The number of hydrogen-bond donors (Lipinski definition) is 1. The lowest BCUT2D eigenvalue weighted by Crippen LogP contribution is -2.16. The second kappa shape index (κ2) is 7.91. The molecule has 6 heteroatoms. The molecule has 150 valence electrons. The molecule has 0 aliphatic carbocycles. The molecule has 0 atom stereocenters. The lowest BCUT2D eigenvalue weighted by molar-refractivity contribution is 0.101. The Morgan fingerprint density at radius 2 is 1.60 bits per heavy atom. The Morgan fingerprint density at radius 3 is 2.27 bits per heavy atom. The van der Waals surface area contributed by atoms with Crippen LogP contribution in [0.15, 0.2) is 66.7 Å². The van der Waals surface area contributed by atoms with E-state index in [0.29, 0.717) is 11.5 Å². The Kier molecular flexibility index (Phi) is 5.14. The van der Waals surface area contributed by atoms with Crippen molar-refractivity contribution in [3.05, 3.63) is 95.1 Å². The molecule has 5 nitrogen and oxygen atoms in total. The van der Waals surface area contributed by atoms with Gasteiger partial charge in [-0.25, -0.2) is 14.1 Å². The molecule has 0 saturated heterocycles. The lowest BCUT2D eigenvalue weighted by Gasteiger charge is -2.09. The number of nitrogens with zero attached hydrogens (tertiary/aromatic N) is 3. The molecule has 3 aromatic carbocycles. The number of para-hydroxylation sites is 1. The van der Waals surface area contributed by atoms with Crippen molar-refractivity contribution in [3.8, 4) is 17.1 Å². The van der Waals surface area contributed by atoms with Gasteiger partial charge >= 0.3 is 0 Å². The number of anilines is 1. The van der Waals surface area contributed by atoms with E-state index in [0.717, 1.165) is 27.9 Å². The quantitative estimate of drug-likeness (QED) is 0.509. The highest BCUT2D eigenvalue weighted by Crippen LogP contribution is 2.24. The van der Waals surface area contributed by atoms with E-state index < -0.39 is 5.91 Å². The first-order chi connectivity index (χ1) is 14.4. The predicted octanol–water partition coefficient (Wildman–Crippen LogP) is 5.25. The Morgan fingerprint density at radius 1 is 0.933 bits per heavy atom. The molecule has 0 aliphatic rings. The SMILES string of the molecule is Cc1cccc(-c2nc(C(=O)Nc3c(C)cccc3C)nn2-c2ccc(F)cc2)c1. The van der Waals surface area contributed by atoms with Crippen molar-refractivity contribution in [2.45, 2.75) is 20.8 Å². The van der Waals surface area contributed by atoms with E-state index in [-0.39, 0.29) is 11.6 Å². The first kappa shape index (κ1) is 19.5. The normalized spacial score (nSPS) is 10.8. The average Bonchev–Trinajstić information content (AvgIpc) is 3.17. The molecular weight excluding hydrogens is 379 g/mol. The third kappa shape index (κ3) is 3.85. The zero-order valence-corrected chi connectivity index (χ0v) is 17.0. The second-order valence-electron chi connectivity index (χ2n) is 7.24. The molecule has 1 heterocycles. The summed E-state index contributed by atoms with van der Waals surface area (Å²) in [5.74, 6) is -0.193. The van der Waals surface area contributed by atoms with Crippen LogP contribution in [0.1, 0.15) is 27.3 Å². The number of nitrogens with one attached hydrogen (secondary N) is 1. The van der Waals surface area contributed by atoms with Gasteiger partial charge in [0.2, 0.25) is 5.82 Å². The third-order valence-electron chi connectivity index (χ3n) is 4.88. The van der Waals surface area contributed by atoms with E-state index >= 15 is 0 Å². The fraction of sp³-hybridized carbons (Fsp3) is 0.125. The molecule has 1 amide bonds. The third-order valence-corrected chi connectivity index (χ3v) is 4.88. The molecule has 30 heavy (non-hydrogen) atoms. The summed E-state index contributed by atoms with van der Waals surface area (Å²) in [4.78, 5) is 17.5. The molecule has 0 bridgehead atoms. The molecule has 0 spiro atoms. The lowest BCUT2D eigenvalue weighted by atomic mass is 10.1. The summed E-state index contributed by atoms with van der Waals surface area (Å²) in [6.07, 6.45) is 0. The summed E-state index contributed by atoms with van der Waals surface area (Å²) in [5, 5.41) is 7.36. The highest BCUT2D eigenvalue weighted by atomic mass is 19.1. The smallest absolute Gasteiger partial charge is 0.295 e. The van der Waals surface area contributed by atoms with Crippen molar-refractivity contribution in [1.82, 2.24) is 14.8 Å². The highest BCUT2D eigenvalue weighted by molar-refractivity contribution is 6.02. The fourth-order valence-electron chi connectivity index (χ4n) is 3.32. The zero-order valence-electron chi connectivity index (χ0n) is 17.0. The van der Waals surface area contributed by atoms with E-state index in [9.17, 15) is 9.18 Å². The maximum atomic E-state index is 13.4. The molecule has 0 radical (unpaired) electrons. The maximum absolute atomic E-state index is 13.4. The standard InChI is InChI=1S/C24H21FN4O/c1-15-6-4-9-18(14-15)23-27-22(28-29(23)20-12-10-19(25)11-13-20)24(30)26-21-16(2)7-5-8-17(21)3/h4-14H,1-3H3,(H,26,30). The monoisotopic (exact) mass is 400 g/mol. The van der Waals surface area contributed by atoms with Crippen molar-refractivity contribution in [3.63, 3.8) is 0 Å². The topological polar surface area (TPSA) is 59.8 Å². The van der Waals surface area contributed by atoms with Gasteiger partial charge < -0.3 is 5.32 Å². The van der Waals surface area contributed by atoms with Crippen LogP contribution in [0.25, 0.3) is 17.1 Å². The Bertz CT molecular complexity index is 1210. The summed E-state index contributed by atoms with van der Waals surface area (Å²) in [7, 11) is 0. The summed E-state index contributed by atoms with van der Waals surface area (Å²) in [6.45, 7) is 5.85. The van der Waals surface area contributed by atoms with E-state index in [2.05, 4.69) is 15.4 Å². The first-order valence-electron chi connectivity index (χ1n) is 9.60. The van der Waals surface area contributed by atoms with Crippen molar-refractivity contribution >= 4 is 11.6 Å². The molecule has 4 rings (SSSR count). The zero-order chi connectivity index (χ0) is 21.3. The summed E-state index contributed by atoms with van der Waals surface area (Å²) >= 11 is 0. The average molecular weight is 400 g/mol. The number of aryl methyl sites for hydroxylation is 3. The summed E-state index contributed by atoms with van der Waals surface area (Å²) in [5.41, 5.74) is 5.16. The van der Waals surface area contributed by atoms with Crippen LogP contribution in [0.5, 0.6) is 0 Å². The number of carbonyl (C=O) groups excluding carboxylic acids is 1. The van der Waals surface area contributed by atoms with Crippen LogP contribution in [-0.2, 0) is 0 Å². The minimum absolute atomic E-state index is 0.0403. The number of aromatic nitrogens is 3. The van der Waals surface area contributed by atoms with Gasteiger partial charge in [-0.2, -0.15) is 0 Å². The van der Waals surface area contributed by atoms with E-state index in [4.69, 9.17) is 0 Å².